The quantitative estimate of drug-likeness (QED) is 0.349. The van der Waals surface area contributed by atoms with Gasteiger partial charge in [-0.2, -0.15) is 8.42 Å². The van der Waals surface area contributed by atoms with E-state index >= 15 is 0 Å². The monoisotopic (exact) mass is 235 g/mol. The minimum absolute atomic E-state index is 0.589. The van der Waals surface area contributed by atoms with Crippen molar-refractivity contribution >= 4 is 16.1 Å². The van der Waals surface area contributed by atoms with E-state index in [4.69, 9.17) is 15.4 Å². The summed E-state index contributed by atoms with van der Waals surface area (Å²) in [6.07, 6.45) is 1.08. The molecule has 0 amide bonds. The van der Waals surface area contributed by atoms with Crippen molar-refractivity contribution < 1.29 is 28.0 Å². The Balaban J connectivity index is 3.34. The Morgan fingerprint density at radius 2 is 2.07 bits per heavy atom. The molecule has 7 nitrogen and oxygen atoms in total. The summed E-state index contributed by atoms with van der Waals surface area (Å²) in [5.41, 5.74) is 2.64. The zero-order valence-corrected chi connectivity index (χ0v) is 8.23. The molecule has 1 atom stereocenters. The molecule has 1 rings (SSSR count). The third-order valence-electron chi connectivity index (χ3n) is 1.82. The summed E-state index contributed by atoms with van der Waals surface area (Å²) < 4.78 is 30.3. The minimum atomic E-state index is -4.62. The Bertz CT molecular complexity index is 458. The lowest BCUT2D eigenvalue weighted by Gasteiger charge is -2.23. The third-order valence-corrected chi connectivity index (χ3v) is 2.76. The van der Waals surface area contributed by atoms with Crippen LogP contribution in [-0.2, 0) is 14.9 Å². The molecule has 0 aromatic rings. The molecule has 8 heteroatoms. The summed E-state index contributed by atoms with van der Waals surface area (Å²) in [6.45, 7) is 0. The predicted octanol–water partition coefficient (Wildman–Crippen LogP) is -1.18. The number of hydrogen-bond donors (Lipinski definition) is 4. The molecule has 0 bridgehead atoms. The van der Waals surface area contributed by atoms with Crippen molar-refractivity contribution in [2.24, 2.45) is 5.73 Å². The third kappa shape index (κ3) is 2.63. The second kappa shape index (κ2) is 3.42. The molecular formula is C7H9NO6S. The van der Waals surface area contributed by atoms with E-state index in [1.54, 1.807) is 0 Å². The first-order valence-corrected chi connectivity index (χ1v) is 5.22. The maximum absolute atomic E-state index is 10.8. The molecule has 0 saturated carbocycles. The van der Waals surface area contributed by atoms with Gasteiger partial charge in [0.25, 0.3) is 10.1 Å². The standard InChI is InChI=1S/C7H9NO6S/c8-7(11)2-1-5(15(12,13)14)4(3-7)6(9)10/h1-2,11H,3,8H2,(H,9,10)(H,12,13,14). The topological polar surface area (TPSA) is 138 Å². The van der Waals surface area contributed by atoms with E-state index in [0.29, 0.717) is 0 Å². The first-order chi connectivity index (χ1) is 6.63. The van der Waals surface area contributed by atoms with Gasteiger partial charge < -0.3 is 15.9 Å². The number of nitrogens with two attached hydrogens (primary N) is 1. The number of rotatable bonds is 2. The number of hydrogen-bond acceptors (Lipinski definition) is 5. The van der Waals surface area contributed by atoms with E-state index in [1.165, 1.54) is 0 Å². The van der Waals surface area contributed by atoms with E-state index in [0.717, 1.165) is 12.2 Å². The summed E-state index contributed by atoms with van der Waals surface area (Å²) in [6, 6.07) is 0. The molecule has 84 valence electrons. The van der Waals surface area contributed by atoms with E-state index in [2.05, 4.69) is 0 Å². The van der Waals surface area contributed by atoms with E-state index in [-0.39, 0.29) is 0 Å². The molecule has 5 N–H and O–H groups in total. The summed E-state index contributed by atoms with van der Waals surface area (Å²) in [5, 5.41) is 18.0. The largest absolute Gasteiger partial charge is 0.478 e. The second-order valence-electron chi connectivity index (χ2n) is 3.12. The van der Waals surface area contributed by atoms with Crippen molar-refractivity contribution in [1.29, 1.82) is 0 Å². The van der Waals surface area contributed by atoms with Crippen LogP contribution in [0, 0.1) is 0 Å². The first-order valence-electron chi connectivity index (χ1n) is 3.78. The highest BCUT2D eigenvalue weighted by Crippen LogP contribution is 2.26. The lowest BCUT2D eigenvalue weighted by atomic mass is 9.98. The van der Waals surface area contributed by atoms with Gasteiger partial charge in [-0.05, 0) is 12.2 Å². The van der Waals surface area contributed by atoms with Crippen LogP contribution in [0.5, 0.6) is 0 Å². The molecule has 0 spiro atoms. The molecule has 1 aliphatic carbocycles. The number of carboxylic acids is 1. The molecule has 1 unspecified atom stereocenters. The highest BCUT2D eigenvalue weighted by Gasteiger charge is 2.33. The average Bonchev–Trinajstić information content (AvgIpc) is 1.99. The molecule has 15 heavy (non-hydrogen) atoms. The lowest BCUT2D eigenvalue weighted by Crippen LogP contribution is -2.40. The van der Waals surface area contributed by atoms with Crippen molar-refractivity contribution in [3.8, 4) is 0 Å². The highest BCUT2D eigenvalue weighted by molar-refractivity contribution is 7.90. The summed E-state index contributed by atoms with van der Waals surface area (Å²) >= 11 is 0. The molecule has 0 fully saturated rings. The second-order valence-corrected chi connectivity index (χ2v) is 4.51. The van der Waals surface area contributed by atoms with E-state index < -0.39 is 38.7 Å². The Morgan fingerprint density at radius 3 is 2.47 bits per heavy atom. The number of allylic oxidation sites excluding steroid dienone is 1. The zero-order valence-electron chi connectivity index (χ0n) is 7.41. The molecule has 1 aliphatic rings. The van der Waals surface area contributed by atoms with E-state index in [1.807, 2.05) is 0 Å². The van der Waals surface area contributed by atoms with Gasteiger partial charge in [0.2, 0.25) is 0 Å². The van der Waals surface area contributed by atoms with Crippen molar-refractivity contribution in [3.63, 3.8) is 0 Å². The summed E-state index contributed by atoms with van der Waals surface area (Å²) in [4.78, 5) is 9.91. The first kappa shape index (κ1) is 11.9. The summed E-state index contributed by atoms with van der Waals surface area (Å²) in [7, 11) is -4.62. The number of aliphatic hydroxyl groups is 1. The van der Waals surface area contributed by atoms with Gasteiger partial charge >= 0.3 is 5.97 Å². The molecule has 0 aromatic heterocycles. The smallest absolute Gasteiger partial charge is 0.333 e. The zero-order chi connectivity index (χ0) is 11.9. The van der Waals surface area contributed by atoms with Crippen molar-refractivity contribution in [2.75, 3.05) is 0 Å². The van der Waals surface area contributed by atoms with Gasteiger partial charge in [-0.3, -0.25) is 4.55 Å². The fraction of sp³-hybridized carbons (Fsp3) is 0.286. The fourth-order valence-corrected chi connectivity index (χ4v) is 1.88. The van der Waals surface area contributed by atoms with Crippen molar-refractivity contribution in [1.82, 2.24) is 0 Å². The van der Waals surface area contributed by atoms with Gasteiger partial charge in [0, 0.05) is 6.42 Å². The highest BCUT2D eigenvalue weighted by atomic mass is 32.2. The Labute approximate surface area is 85.3 Å². The van der Waals surface area contributed by atoms with E-state index in [9.17, 15) is 18.3 Å². The number of aliphatic carboxylic acids is 1. The number of carboxylic acid groups (broad SMARTS) is 1. The van der Waals surface area contributed by atoms with Crippen LogP contribution >= 0.6 is 0 Å². The van der Waals surface area contributed by atoms with Gasteiger partial charge in [-0.1, -0.05) is 0 Å². The van der Waals surface area contributed by atoms with Crippen molar-refractivity contribution in [2.45, 2.75) is 12.1 Å². The van der Waals surface area contributed by atoms with Crippen LogP contribution in [0.3, 0.4) is 0 Å². The fourth-order valence-electron chi connectivity index (χ4n) is 1.17. The molecule has 0 saturated heterocycles. The average molecular weight is 235 g/mol. The Kier molecular flexibility index (Phi) is 2.70. The molecule has 0 aliphatic heterocycles. The molecular weight excluding hydrogens is 226 g/mol. The normalized spacial score (nSPS) is 26.9. The molecule has 0 radical (unpaired) electrons. The van der Waals surface area contributed by atoms with Crippen LogP contribution in [0.15, 0.2) is 22.6 Å². The van der Waals surface area contributed by atoms with Gasteiger partial charge in [0.15, 0.2) is 0 Å². The molecule has 0 aromatic carbocycles. The van der Waals surface area contributed by atoms with Gasteiger partial charge in [0.1, 0.15) is 10.6 Å². The van der Waals surface area contributed by atoms with Gasteiger partial charge in [-0.25, -0.2) is 4.79 Å². The van der Waals surface area contributed by atoms with Crippen LogP contribution in [0.4, 0.5) is 0 Å². The minimum Gasteiger partial charge on any atom is -0.478 e. The number of carbonyl (C=O) groups is 1. The van der Waals surface area contributed by atoms with Crippen LogP contribution in [0.2, 0.25) is 0 Å². The predicted molar refractivity (Wildman–Crippen MR) is 49.1 cm³/mol. The van der Waals surface area contributed by atoms with Crippen LogP contribution < -0.4 is 5.73 Å². The molecule has 0 heterocycles. The Hall–Kier alpha value is -1.22. The Morgan fingerprint density at radius 1 is 1.53 bits per heavy atom. The summed E-state index contributed by atoms with van der Waals surface area (Å²) in [5.74, 6) is -1.56. The van der Waals surface area contributed by atoms with Gasteiger partial charge in [-0.15, -0.1) is 0 Å². The van der Waals surface area contributed by atoms with Crippen LogP contribution in [-0.4, -0.2) is 34.9 Å². The van der Waals surface area contributed by atoms with Crippen LogP contribution in [0.25, 0.3) is 0 Å². The maximum Gasteiger partial charge on any atom is 0.333 e. The van der Waals surface area contributed by atoms with Crippen molar-refractivity contribution in [3.05, 3.63) is 22.6 Å². The SMILES string of the molecule is NC1(O)C=CC(S(=O)(=O)O)=C(C(=O)O)C1. The lowest BCUT2D eigenvalue weighted by molar-refractivity contribution is -0.133. The van der Waals surface area contributed by atoms with Gasteiger partial charge in [0.05, 0.1) is 5.57 Å². The maximum atomic E-state index is 10.8. The van der Waals surface area contributed by atoms with Crippen LogP contribution in [0.1, 0.15) is 6.42 Å².